The SMILES string of the molecule is Cc1ccc(-c2c(N)noc2-c2cccc(Br)c2C)cc1. The number of anilines is 1. The summed E-state index contributed by atoms with van der Waals surface area (Å²) in [5.41, 5.74) is 11.2. The minimum atomic E-state index is 0.410. The fourth-order valence-corrected chi connectivity index (χ4v) is 2.71. The summed E-state index contributed by atoms with van der Waals surface area (Å²) < 4.78 is 6.54. The van der Waals surface area contributed by atoms with Crippen LogP contribution in [0, 0.1) is 13.8 Å². The maximum Gasteiger partial charge on any atom is 0.177 e. The third kappa shape index (κ3) is 2.47. The van der Waals surface area contributed by atoms with E-state index >= 15 is 0 Å². The van der Waals surface area contributed by atoms with Gasteiger partial charge in [-0.2, -0.15) is 0 Å². The lowest BCUT2D eigenvalue weighted by atomic mass is 9.98. The fraction of sp³-hybridized carbons (Fsp3) is 0.118. The molecule has 0 atom stereocenters. The number of hydrogen-bond donors (Lipinski definition) is 1. The van der Waals surface area contributed by atoms with Crippen LogP contribution in [0.1, 0.15) is 11.1 Å². The average Bonchev–Trinajstić information content (AvgIpc) is 2.85. The Balaban J connectivity index is 2.22. The van der Waals surface area contributed by atoms with Crippen LogP contribution in [-0.2, 0) is 0 Å². The van der Waals surface area contributed by atoms with Gasteiger partial charge in [-0.05, 0) is 31.0 Å². The van der Waals surface area contributed by atoms with E-state index in [0.29, 0.717) is 11.6 Å². The van der Waals surface area contributed by atoms with Gasteiger partial charge in [0.25, 0.3) is 0 Å². The zero-order valence-electron chi connectivity index (χ0n) is 11.9. The van der Waals surface area contributed by atoms with Crippen molar-refractivity contribution in [2.45, 2.75) is 13.8 Å². The van der Waals surface area contributed by atoms with E-state index in [2.05, 4.69) is 40.1 Å². The molecule has 0 unspecified atom stereocenters. The molecule has 21 heavy (non-hydrogen) atoms. The molecular formula is C17H15BrN2O. The highest BCUT2D eigenvalue weighted by atomic mass is 79.9. The summed E-state index contributed by atoms with van der Waals surface area (Å²) in [5, 5.41) is 3.95. The van der Waals surface area contributed by atoms with E-state index in [4.69, 9.17) is 10.3 Å². The lowest BCUT2D eigenvalue weighted by Gasteiger charge is -2.07. The predicted molar refractivity (Wildman–Crippen MR) is 89.0 cm³/mol. The molecule has 1 aromatic heterocycles. The van der Waals surface area contributed by atoms with E-state index in [9.17, 15) is 0 Å². The number of aromatic nitrogens is 1. The minimum Gasteiger partial charge on any atom is -0.380 e. The van der Waals surface area contributed by atoms with Crippen LogP contribution in [0.3, 0.4) is 0 Å². The van der Waals surface area contributed by atoms with Crippen LogP contribution in [0.15, 0.2) is 51.5 Å². The van der Waals surface area contributed by atoms with Crippen molar-refractivity contribution in [3.05, 3.63) is 58.1 Å². The highest BCUT2D eigenvalue weighted by Gasteiger charge is 2.19. The Morgan fingerprint density at radius 2 is 1.76 bits per heavy atom. The van der Waals surface area contributed by atoms with Crippen LogP contribution < -0.4 is 5.73 Å². The summed E-state index contributed by atoms with van der Waals surface area (Å²) in [6, 6.07) is 14.2. The van der Waals surface area contributed by atoms with Gasteiger partial charge in [0.05, 0.1) is 5.56 Å². The van der Waals surface area contributed by atoms with E-state index in [1.54, 1.807) is 0 Å². The van der Waals surface area contributed by atoms with Crippen molar-refractivity contribution in [1.29, 1.82) is 0 Å². The van der Waals surface area contributed by atoms with E-state index < -0.39 is 0 Å². The van der Waals surface area contributed by atoms with Crippen molar-refractivity contribution in [3.63, 3.8) is 0 Å². The molecule has 3 nitrogen and oxygen atoms in total. The van der Waals surface area contributed by atoms with Crippen molar-refractivity contribution in [1.82, 2.24) is 5.16 Å². The second kappa shape index (κ2) is 5.37. The van der Waals surface area contributed by atoms with E-state index in [1.807, 2.05) is 37.3 Å². The first kappa shape index (κ1) is 13.9. The molecule has 3 aromatic rings. The molecule has 4 heteroatoms. The zero-order valence-corrected chi connectivity index (χ0v) is 13.4. The van der Waals surface area contributed by atoms with E-state index in [1.165, 1.54) is 5.56 Å². The number of halogens is 1. The molecule has 0 radical (unpaired) electrons. The third-order valence-corrected chi connectivity index (χ3v) is 4.43. The highest BCUT2D eigenvalue weighted by Crippen LogP contribution is 2.39. The lowest BCUT2D eigenvalue weighted by molar-refractivity contribution is 0.436. The summed E-state index contributed by atoms with van der Waals surface area (Å²) in [6.07, 6.45) is 0. The van der Waals surface area contributed by atoms with Crippen LogP contribution in [0.2, 0.25) is 0 Å². The zero-order chi connectivity index (χ0) is 15.0. The molecule has 0 fully saturated rings. The Hall–Kier alpha value is -2.07. The quantitative estimate of drug-likeness (QED) is 0.715. The molecule has 0 bridgehead atoms. The largest absolute Gasteiger partial charge is 0.380 e. The number of nitrogens with two attached hydrogens (primary N) is 1. The van der Waals surface area contributed by atoms with Crippen molar-refractivity contribution >= 4 is 21.7 Å². The van der Waals surface area contributed by atoms with Gasteiger partial charge < -0.3 is 10.3 Å². The molecule has 2 aromatic carbocycles. The molecule has 0 aliphatic carbocycles. The third-order valence-electron chi connectivity index (χ3n) is 3.57. The van der Waals surface area contributed by atoms with Crippen LogP contribution in [0.5, 0.6) is 0 Å². The van der Waals surface area contributed by atoms with Crippen LogP contribution >= 0.6 is 15.9 Å². The number of hydrogen-bond acceptors (Lipinski definition) is 3. The normalized spacial score (nSPS) is 10.8. The molecule has 1 heterocycles. The Labute approximate surface area is 131 Å². The second-order valence-electron chi connectivity index (χ2n) is 5.05. The maximum absolute atomic E-state index is 6.02. The maximum atomic E-state index is 6.02. The minimum absolute atomic E-state index is 0.410. The highest BCUT2D eigenvalue weighted by molar-refractivity contribution is 9.10. The van der Waals surface area contributed by atoms with Crippen molar-refractivity contribution < 1.29 is 4.52 Å². The Morgan fingerprint density at radius 3 is 2.48 bits per heavy atom. The second-order valence-corrected chi connectivity index (χ2v) is 5.90. The summed E-state index contributed by atoms with van der Waals surface area (Å²) in [7, 11) is 0. The number of nitrogen functional groups attached to an aromatic ring is 1. The summed E-state index contributed by atoms with van der Waals surface area (Å²) in [6.45, 7) is 4.09. The molecule has 0 spiro atoms. The van der Waals surface area contributed by atoms with Gasteiger partial charge >= 0.3 is 0 Å². The Kier molecular flexibility index (Phi) is 3.55. The average molecular weight is 343 g/mol. The van der Waals surface area contributed by atoms with Gasteiger partial charge in [0.1, 0.15) is 0 Å². The number of benzene rings is 2. The predicted octanol–water partition coefficient (Wildman–Crippen LogP) is 4.97. The lowest BCUT2D eigenvalue weighted by Crippen LogP contribution is -1.90. The standard InChI is InChI=1S/C17H15BrN2O/c1-10-6-8-12(9-7-10)15-16(21-20-17(15)19)13-4-3-5-14(18)11(13)2/h3-9H,1-2H3,(H2,19,20). The van der Waals surface area contributed by atoms with Gasteiger partial charge in [0, 0.05) is 10.0 Å². The number of aryl methyl sites for hydroxylation is 1. The monoisotopic (exact) mass is 342 g/mol. The molecule has 0 aliphatic rings. The van der Waals surface area contributed by atoms with Gasteiger partial charge in [0.2, 0.25) is 0 Å². The fourth-order valence-electron chi connectivity index (χ4n) is 2.34. The van der Waals surface area contributed by atoms with Crippen LogP contribution in [0.25, 0.3) is 22.5 Å². The number of rotatable bonds is 2. The first-order valence-corrected chi connectivity index (χ1v) is 7.45. The molecule has 0 aliphatic heterocycles. The molecule has 0 amide bonds. The molecular weight excluding hydrogens is 328 g/mol. The molecule has 0 saturated carbocycles. The molecule has 106 valence electrons. The molecule has 2 N–H and O–H groups in total. The Bertz CT molecular complexity index is 791. The Morgan fingerprint density at radius 1 is 1.05 bits per heavy atom. The first-order valence-electron chi connectivity index (χ1n) is 6.65. The molecule has 3 rings (SSSR count). The summed E-state index contributed by atoms with van der Waals surface area (Å²) in [4.78, 5) is 0. The van der Waals surface area contributed by atoms with Crippen molar-refractivity contribution in [3.8, 4) is 22.5 Å². The van der Waals surface area contributed by atoms with E-state index in [-0.39, 0.29) is 0 Å². The smallest absolute Gasteiger partial charge is 0.177 e. The topological polar surface area (TPSA) is 52.0 Å². The van der Waals surface area contributed by atoms with Gasteiger partial charge in [0.15, 0.2) is 11.6 Å². The van der Waals surface area contributed by atoms with Crippen molar-refractivity contribution in [2.75, 3.05) is 5.73 Å². The van der Waals surface area contributed by atoms with Gasteiger partial charge in [-0.25, -0.2) is 0 Å². The van der Waals surface area contributed by atoms with Gasteiger partial charge in [-0.1, -0.05) is 63.0 Å². The van der Waals surface area contributed by atoms with Crippen LogP contribution in [-0.4, -0.2) is 5.16 Å². The van der Waals surface area contributed by atoms with Crippen molar-refractivity contribution in [2.24, 2.45) is 0 Å². The summed E-state index contributed by atoms with van der Waals surface area (Å²) in [5.74, 6) is 1.11. The summed E-state index contributed by atoms with van der Waals surface area (Å²) >= 11 is 3.55. The van der Waals surface area contributed by atoms with E-state index in [0.717, 1.165) is 26.7 Å². The molecule has 0 saturated heterocycles. The van der Waals surface area contributed by atoms with Crippen LogP contribution in [0.4, 0.5) is 5.82 Å². The van der Waals surface area contributed by atoms with Gasteiger partial charge in [-0.15, -0.1) is 0 Å². The van der Waals surface area contributed by atoms with Gasteiger partial charge in [-0.3, -0.25) is 0 Å². The first-order chi connectivity index (χ1) is 10.1. The number of nitrogens with zero attached hydrogens (tertiary/aromatic N) is 1.